The lowest BCUT2D eigenvalue weighted by atomic mass is 10.1. The number of aryl methyl sites for hydroxylation is 1. The number of anilines is 2. The van der Waals surface area contributed by atoms with E-state index in [-0.39, 0.29) is 34.8 Å². The molecule has 2 N–H and O–H groups in total. The number of nitrogens with one attached hydrogen (secondary N) is 2. The van der Waals surface area contributed by atoms with Gasteiger partial charge in [0.2, 0.25) is 16.0 Å². The van der Waals surface area contributed by atoms with Crippen LogP contribution in [-0.4, -0.2) is 57.0 Å². The number of carbonyl (C=O) groups excluding carboxylic acids is 2. The van der Waals surface area contributed by atoms with Crippen molar-refractivity contribution < 1.29 is 22.8 Å². The maximum atomic E-state index is 13.1. The molecule has 1 fully saturated rings. The van der Waals surface area contributed by atoms with Gasteiger partial charge in [0, 0.05) is 37.3 Å². The zero-order chi connectivity index (χ0) is 30.1. The average molecular weight is 600 g/mol. The van der Waals surface area contributed by atoms with Crippen molar-refractivity contribution in [2.24, 2.45) is 4.99 Å². The van der Waals surface area contributed by atoms with Crippen molar-refractivity contribution >= 4 is 40.8 Å². The molecule has 220 valence electrons. The van der Waals surface area contributed by atoms with Crippen molar-refractivity contribution in [1.82, 2.24) is 30.7 Å². The third-order valence-corrected chi connectivity index (χ3v) is 7.16. The molecule has 0 saturated carbocycles. The summed E-state index contributed by atoms with van der Waals surface area (Å²) in [5, 5.41) is 22.4. The van der Waals surface area contributed by atoms with E-state index in [1.54, 1.807) is 24.4 Å². The second-order valence-electron chi connectivity index (χ2n) is 9.37. The molecule has 0 aliphatic carbocycles. The number of aliphatic imine (C=N–C) groups is 1. The number of allylic oxidation sites excluding steroid dienone is 3. The van der Waals surface area contributed by atoms with Crippen LogP contribution in [0.15, 0.2) is 53.7 Å². The molecule has 0 bridgehead atoms. The molecule has 4 rings (SSSR count). The highest BCUT2D eigenvalue weighted by Gasteiger charge is 2.31. The zero-order valence-corrected chi connectivity index (χ0v) is 23.5. The number of hydrogen-bond acceptors (Lipinski definition) is 10. The lowest BCUT2D eigenvalue weighted by molar-refractivity contribution is -0.137. The Labute approximate surface area is 243 Å². The number of halogens is 3. The first kappa shape index (κ1) is 30.4. The van der Waals surface area contributed by atoms with Gasteiger partial charge in [0.15, 0.2) is 5.82 Å². The summed E-state index contributed by atoms with van der Waals surface area (Å²) in [7, 11) is 0. The minimum Gasteiger partial charge on any atom is -0.346 e. The Hall–Kier alpha value is -4.53. The summed E-state index contributed by atoms with van der Waals surface area (Å²) in [4.78, 5) is 34.3. The number of aromatic nitrogens is 5. The number of hydrogen-bond donors (Lipinski definition) is 2. The highest BCUT2D eigenvalue weighted by Crippen LogP contribution is 2.32. The fourth-order valence-electron chi connectivity index (χ4n) is 4.18. The van der Waals surface area contributed by atoms with Gasteiger partial charge in [-0.25, -0.2) is 0 Å². The summed E-state index contributed by atoms with van der Waals surface area (Å²) in [6.07, 6.45) is 4.08. The topological polar surface area (TPSA) is 138 Å². The summed E-state index contributed by atoms with van der Waals surface area (Å²) >= 11 is 1.09. The predicted octanol–water partition coefficient (Wildman–Crippen LogP) is 4.46. The maximum Gasteiger partial charge on any atom is 0.416 e. The minimum atomic E-state index is -4.50. The number of nitrogens with zero attached hydrogens (tertiary/aromatic N) is 7. The van der Waals surface area contributed by atoms with Crippen LogP contribution in [-0.2, 0) is 17.5 Å². The quantitative estimate of drug-likeness (QED) is 0.243. The lowest BCUT2D eigenvalue weighted by Crippen LogP contribution is -2.23. The summed E-state index contributed by atoms with van der Waals surface area (Å²) in [5.74, 6) is -0.278. The Morgan fingerprint density at radius 3 is 2.76 bits per heavy atom. The molecule has 2 amide bonds. The number of rotatable bonds is 11. The molecule has 1 aliphatic rings. The highest BCUT2D eigenvalue weighted by atomic mass is 32.1. The Balaban J connectivity index is 1.26. The third-order valence-electron chi connectivity index (χ3n) is 6.18. The molecule has 1 aliphatic heterocycles. The van der Waals surface area contributed by atoms with Crippen molar-refractivity contribution in [2.75, 3.05) is 23.3 Å². The van der Waals surface area contributed by atoms with Gasteiger partial charge in [-0.15, -0.1) is 15.3 Å². The number of carbonyl (C=O) groups is 2. The first-order chi connectivity index (χ1) is 20.1. The van der Waals surface area contributed by atoms with Gasteiger partial charge in [-0.3, -0.25) is 19.6 Å². The van der Waals surface area contributed by atoms with Gasteiger partial charge in [0.05, 0.1) is 23.5 Å². The maximum absolute atomic E-state index is 13.1. The van der Waals surface area contributed by atoms with E-state index in [9.17, 15) is 22.8 Å². The first-order valence-corrected chi connectivity index (χ1v) is 13.8. The summed E-state index contributed by atoms with van der Waals surface area (Å²) in [6.45, 7) is 5.88. The van der Waals surface area contributed by atoms with Gasteiger partial charge in [-0.2, -0.15) is 18.3 Å². The molecule has 1 saturated heterocycles. The standard InChI is InChI=1S/C27H28F3N9O2S/c1-17-13-19(27(28,29)30)14-20(33-17)15-32-24(41)25-37-38-26(42-25)39-12-10-18(16-39)21-8-9-22(36-35-21)34-23(40)7-5-3-4-6-11-31-2/h3-4,6,8-9,11,13-14,18H,2,5,7,10,12,15-16H2,1H3,(H,32,41)(H,34,36,40)/b4-3-,11-6-/t18-/m1/s1. The molecular weight excluding hydrogens is 571 g/mol. The van der Waals surface area contributed by atoms with Crippen molar-refractivity contribution in [2.45, 2.75) is 44.8 Å². The van der Waals surface area contributed by atoms with Gasteiger partial charge in [-0.1, -0.05) is 23.5 Å². The average Bonchev–Trinajstić information content (AvgIpc) is 3.64. The van der Waals surface area contributed by atoms with E-state index in [1.165, 1.54) is 6.92 Å². The molecular formula is C27H28F3N9O2S. The number of amides is 2. The van der Waals surface area contributed by atoms with Gasteiger partial charge in [-0.05, 0) is 56.8 Å². The molecule has 3 aromatic heterocycles. The van der Waals surface area contributed by atoms with Crippen molar-refractivity contribution in [3.8, 4) is 0 Å². The second kappa shape index (κ2) is 13.9. The summed E-state index contributed by atoms with van der Waals surface area (Å²) in [5.41, 5.74) is 0.250. The van der Waals surface area contributed by atoms with Crippen LogP contribution in [0, 0.1) is 6.92 Å². The van der Waals surface area contributed by atoms with Crippen LogP contribution in [0.2, 0.25) is 0 Å². The van der Waals surface area contributed by atoms with E-state index in [0.29, 0.717) is 36.9 Å². The van der Waals surface area contributed by atoms with Crippen LogP contribution in [0.5, 0.6) is 0 Å². The highest BCUT2D eigenvalue weighted by molar-refractivity contribution is 7.17. The van der Waals surface area contributed by atoms with E-state index in [0.717, 1.165) is 35.6 Å². The summed E-state index contributed by atoms with van der Waals surface area (Å²) in [6, 6.07) is 5.40. The van der Waals surface area contributed by atoms with Gasteiger partial charge < -0.3 is 15.5 Å². The normalized spacial score (nSPS) is 15.4. The van der Waals surface area contributed by atoms with E-state index >= 15 is 0 Å². The lowest BCUT2D eigenvalue weighted by Gasteiger charge is -2.14. The molecule has 1 atom stereocenters. The summed E-state index contributed by atoms with van der Waals surface area (Å²) < 4.78 is 39.2. The molecule has 11 nitrogen and oxygen atoms in total. The number of pyridine rings is 1. The van der Waals surface area contributed by atoms with Gasteiger partial charge in [0.1, 0.15) is 0 Å². The number of alkyl halides is 3. The van der Waals surface area contributed by atoms with Gasteiger partial charge >= 0.3 is 6.18 Å². The molecule has 0 radical (unpaired) electrons. The minimum absolute atomic E-state index is 0.0712. The van der Waals surface area contributed by atoms with E-state index in [4.69, 9.17) is 0 Å². The Kier molecular flexibility index (Phi) is 10.1. The van der Waals surface area contributed by atoms with Crippen LogP contribution >= 0.6 is 11.3 Å². The van der Waals surface area contributed by atoms with Crippen LogP contribution in [0.25, 0.3) is 0 Å². The zero-order valence-electron chi connectivity index (χ0n) is 22.6. The van der Waals surface area contributed by atoms with Crippen molar-refractivity contribution in [3.63, 3.8) is 0 Å². The molecule has 15 heteroatoms. The van der Waals surface area contributed by atoms with Gasteiger partial charge in [0.25, 0.3) is 5.91 Å². The van der Waals surface area contributed by atoms with Crippen LogP contribution < -0.4 is 15.5 Å². The fourth-order valence-corrected chi connectivity index (χ4v) is 4.98. The molecule has 0 unspecified atom stereocenters. The Morgan fingerprint density at radius 1 is 1.19 bits per heavy atom. The van der Waals surface area contributed by atoms with Crippen LogP contribution in [0.3, 0.4) is 0 Å². The molecule has 0 spiro atoms. The second-order valence-corrected chi connectivity index (χ2v) is 10.3. The van der Waals surface area contributed by atoms with Crippen molar-refractivity contribution in [3.05, 3.63) is 76.3 Å². The third kappa shape index (κ3) is 8.49. The largest absolute Gasteiger partial charge is 0.416 e. The predicted molar refractivity (Wildman–Crippen MR) is 152 cm³/mol. The monoisotopic (exact) mass is 599 g/mol. The first-order valence-electron chi connectivity index (χ1n) is 12.9. The van der Waals surface area contributed by atoms with E-state index in [1.807, 2.05) is 17.0 Å². The molecule has 42 heavy (non-hydrogen) atoms. The molecule has 4 heterocycles. The van der Waals surface area contributed by atoms with Crippen LogP contribution in [0.4, 0.5) is 24.1 Å². The molecule has 0 aromatic carbocycles. The smallest absolute Gasteiger partial charge is 0.346 e. The van der Waals surface area contributed by atoms with E-state index < -0.39 is 17.6 Å². The van der Waals surface area contributed by atoms with E-state index in [2.05, 4.69) is 47.7 Å². The SMILES string of the molecule is C=N/C=C\C=C/CCC(=O)Nc1ccc([C@@H]2CCN(c3nnc(C(=O)NCc4cc(C(F)(F)F)cc(C)n4)s3)C2)nn1. The van der Waals surface area contributed by atoms with Crippen LogP contribution in [0.1, 0.15) is 57.6 Å². The Bertz CT molecular complexity index is 1470. The van der Waals surface area contributed by atoms with Crippen molar-refractivity contribution in [1.29, 1.82) is 0 Å². The Morgan fingerprint density at radius 2 is 2.02 bits per heavy atom. The molecule has 3 aromatic rings. The fraction of sp³-hybridized carbons (Fsp3) is 0.333.